The van der Waals surface area contributed by atoms with Crippen LogP contribution in [0.15, 0.2) is 0 Å². The SMILES string of the molecule is CCCCCCCCCCCCCCC(=O)O[C@H](COC(=O)CCCCCCCCC(C)C)COP(=O)(O)OC[C@H](O)COP(=O)(O)OC[C@@H](COC(=O)CCCCCCCCCCCCCCC(C)C)OC(=O)CCCCCCCCCCCCCCCCCCC(C)C. The summed E-state index contributed by atoms with van der Waals surface area (Å²) in [5.41, 5.74) is 0. The number of ether oxygens (including phenoxy) is 4. The Hall–Kier alpha value is -1.94. The van der Waals surface area contributed by atoms with Crippen LogP contribution in [0.25, 0.3) is 0 Å². The van der Waals surface area contributed by atoms with Crippen LogP contribution in [0.5, 0.6) is 0 Å². The summed E-state index contributed by atoms with van der Waals surface area (Å²) in [6.07, 6.45) is 52.8. The quantitative estimate of drug-likeness (QED) is 0.0222. The molecule has 3 N–H and O–H groups in total. The first-order valence-corrected chi connectivity index (χ1v) is 42.3. The van der Waals surface area contributed by atoms with Gasteiger partial charge in [0.25, 0.3) is 0 Å². The van der Waals surface area contributed by atoms with Gasteiger partial charge >= 0.3 is 39.5 Å². The van der Waals surface area contributed by atoms with Crippen molar-refractivity contribution in [2.45, 2.75) is 407 Å². The van der Waals surface area contributed by atoms with Crippen molar-refractivity contribution in [3.05, 3.63) is 0 Å². The summed E-state index contributed by atoms with van der Waals surface area (Å²) >= 11 is 0. The Kier molecular flexibility index (Phi) is 65.2. The summed E-state index contributed by atoms with van der Waals surface area (Å²) in [6.45, 7) is 11.9. The van der Waals surface area contributed by atoms with Crippen molar-refractivity contribution in [3.8, 4) is 0 Å². The molecule has 0 rings (SSSR count). The summed E-state index contributed by atoms with van der Waals surface area (Å²) in [5.74, 6) is 0.152. The van der Waals surface area contributed by atoms with Crippen LogP contribution in [-0.4, -0.2) is 96.7 Å². The van der Waals surface area contributed by atoms with Crippen LogP contribution in [0.4, 0.5) is 0 Å². The summed E-state index contributed by atoms with van der Waals surface area (Å²) in [6, 6.07) is 0. The normalized spacial score (nSPS) is 14.1. The maximum atomic E-state index is 13.1. The molecular weight excluding hydrogens is 1250 g/mol. The van der Waals surface area contributed by atoms with Crippen molar-refractivity contribution in [2.24, 2.45) is 17.8 Å². The lowest BCUT2D eigenvalue weighted by Crippen LogP contribution is -2.30. The van der Waals surface area contributed by atoms with E-state index < -0.39 is 97.5 Å². The molecule has 0 saturated carbocycles. The molecule has 0 aromatic rings. The molecule has 0 radical (unpaired) electrons. The average molecular weight is 1400 g/mol. The zero-order chi connectivity index (χ0) is 70.1. The fourth-order valence-corrected chi connectivity index (χ4v) is 13.2. The van der Waals surface area contributed by atoms with E-state index in [2.05, 4.69) is 48.5 Å². The van der Waals surface area contributed by atoms with Crippen molar-refractivity contribution in [3.63, 3.8) is 0 Å². The lowest BCUT2D eigenvalue weighted by atomic mass is 10.0. The molecule has 0 saturated heterocycles. The van der Waals surface area contributed by atoms with Crippen molar-refractivity contribution in [1.29, 1.82) is 0 Å². The van der Waals surface area contributed by atoms with Crippen LogP contribution < -0.4 is 0 Å². The summed E-state index contributed by atoms with van der Waals surface area (Å²) in [4.78, 5) is 72.8. The van der Waals surface area contributed by atoms with Gasteiger partial charge in [0.15, 0.2) is 12.2 Å². The topological polar surface area (TPSA) is 237 Å². The Balaban J connectivity index is 5.22. The highest BCUT2D eigenvalue weighted by molar-refractivity contribution is 7.47. The molecule has 0 heterocycles. The number of carbonyl (C=O) groups excluding carboxylic acids is 4. The van der Waals surface area contributed by atoms with E-state index in [-0.39, 0.29) is 25.7 Å². The first kappa shape index (κ1) is 93.1. The Morgan fingerprint density at radius 3 is 0.716 bits per heavy atom. The third kappa shape index (κ3) is 70.3. The highest BCUT2D eigenvalue weighted by Gasteiger charge is 2.30. The number of aliphatic hydroxyl groups excluding tert-OH is 1. The predicted molar refractivity (Wildman–Crippen MR) is 386 cm³/mol. The number of esters is 4. The van der Waals surface area contributed by atoms with Crippen molar-refractivity contribution in [2.75, 3.05) is 39.6 Å². The maximum Gasteiger partial charge on any atom is 0.472 e. The second-order valence-electron chi connectivity index (χ2n) is 28.8. The Morgan fingerprint density at radius 1 is 0.284 bits per heavy atom. The Labute approximate surface area is 581 Å². The van der Waals surface area contributed by atoms with Crippen LogP contribution in [0.2, 0.25) is 0 Å². The van der Waals surface area contributed by atoms with Gasteiger partial charge in [0, 0.05) is 25.7 Å². The van der Waals surface area contributed by atoms with E-state index in [9.17, 15) is 43.2 Å². The Morgan fingerprint density at radius 2 is 0.484 bits per heavy atom. The van der Waals surface area contributed by atoms with E-state index in [1.165, 1.54) is 193 Å². The van der Waals surface area contributed by atoms with Gasteiger partial charge in [-0.2, -0.15) is 0 Å². The number of hydrogen-bond acceptors (Lipinski definition) is 15. The minimum absolute atomic E-state index is 0.106. The van der Waals surface area contributed by atoms with Crippen LogP contribution in [-0.2, 0) is 65.4 Å². The highest BCUT2D eigenvalue weighted by atomic mass is 31.2. The highest BCUT2D eigenvalue weighted by Crippen LogP contribution is 2.45. The van der Waals surface area contributed by atoms with Crippen LogP contribution >= 0.6 is 15.6 Å². The van der Waals surface area contributed by atoms with Gasteiger partial charge in [0.05, 0.1) is 26.4 Å². The number of phosphoric ester groups is 2. The van der Waals surface area contributed by atoms with Gasteiger partial charge in [0.1, 0.15) is 19.3 Å². The third-order valence-electron chi connectivity index (χ3n) is 17.6. The minimum atomic E-state index is -4.96. The van der Waals surface area contributed by atoms with E-state index in [1.54, 1.807) is 0 Å². The number of phosphoric acid groups is 2. The molecule has 0 aliphatic rings. The molecule has 0 fully saturated rings. The number of rotatable bonds is 74. The van der Waals surface area contributed by atoms with E-state index in [0.29, 0.717) is 31.6 Å². The molecule has 0 aromatic carbocycles. The van der Waals surface area contributed by atoms with Gasteiger partial charge < -0.3 is 33.8 Å². The zero-order valence-electron chi connectivity index (χ0n) is 62.1. The number of unbranched alkanes of at least 4 members (excludes halogenated alkanes) is 42. The van der Waals surface area contributed by atoms with E-state index >= 15 is 0 Å². The van der Waals surface area contributed by atoms with E-state index in [4.69, 9.17) is 37.0 Å². The van der Waals surface area contributed by atoms with Gasteiger partial charge in [-0.15, -0.1) is 0 Å². The van der Waals surface area contributed by atoms with Gasteiger partial charge in [0.2, 0.25) is 0 Å². The molecular formula is C76H148O17P2. The average Bonchev–Trinajstić information content (AvgIpc) is 1.29. The molecule has 0 aromatic heterocycles. The van der Waals surface area contributed by atoms with E-state index in [1.807, 2.05) is 0 Å². The minimum Gasteiger partial charge on any atom is -0.462 e. The second-order valence-corrected chi connectivity index (χ2v) is 31.7. The van der Waals surface area contributed by atoms with Crippen LogP contribution in [0, 0.1) is 17.8 Å². The molecule has 19 heteroatoms. The molecule has 0 bridgehead atoms. The van der Waals surface area contributed by atoms with Gasteiger partial charge in [-0.25, -0.2) is 9.13 Å². The fraction of sp³-hybridized carbons (Fsp3) is 0.947. The smallest absolute Gasteiger partial charge is 0.462 e. The summed E-state index contributed by atoms with van der Waals surface area (Å²) < 4.78 is 68.5. The molecule has 17 nitrogen and oxygen atoms in total. The standard InChI is InChI=1S/C76H148O17P2/c1-8-9-10-11-12-13-14-25-31-36-45-52-59-75(80)93-72(64-87-74(79)58-51-44-39-38-42-49-56-69(6)7)66-91-95(84,85)89-62-70(77)61-88-94(82,83)90-65-71(63-86-73(78)57-50-43-35-30-26-22-21-24-29-34-41-48-55-68(4)5)92-76(81)60-53-46-37-32-27-20-18-16-15-17-19-23-28-33-40-47-54-67(2)3/h67-72,77H,8-66H2,1-7H3,(H,82,83)(H,84,85)/t70-,71-,72-/m1/s1. The molecule has 564 valence electrons. The van der Waals surface area contributed by atoms with Crippen molar-refractivity contribution in [1.82, 2.24) is 0 Å². The zero-order valence-corrected chi connectivity index (χ0v) is 63.9. The molecule has 0 spiro atoms. The lowest BCUT2D eigenvalue weighted by molar-refractivity contribution is -0.161. The van der Waals surface area contributed by atoms with Gasteiger partial charge in [-0.05, 0) is 43.4 Å². The predicted octanol–water partition coefficient (Wildman–Crippen LogP) is 22.2. The van der Waals surface area contributed by atoms with Crippen molar-refractivity contribution < 1.29 is 80.2 Å². The summed E-state index contributed by atoms with van der Waals surface area (Å²) in [7, 11) is -9.91. The second kappa shape index (κ2) is 66.6. The maximum absolute atomic E-state index is 13.1. The first-order valence-electron chi connectivity index (χ1n) is 39.3. The molecule has 0 aliphatic heterocycles. The molecule has 0 amide bonds. The number of carbonyl (C=O) groups is 4. The Bertz CT molecular complexity index is 1850. The van der Waals surface area contributed by atoms with Crippen LogP contribution in [0.3, 0.4) is 0 Å². The fourth-order valence-electron chi connectivity index (χ4n) is 11.6. The lowest BCUT2D eigenvalue weighted by Gasteiger charge is -2.21. The first-order chi connectivity index (χ1) is 45.7. The van der Waals surface area contributed by atoms with Gasteiger partial charge in [-0.3, -0.25) is 37.3 Å². The summed E-state index contributed by atoms with van der Waals surface area (Å²) in [5, 5.41) is 10.6. The number of hydrogen-bond donors (Lipinski definition) is 3. The largest absolute Gasteiger partial charge is 0.472 e. The van der Waals surface area contributed by atoms with Crippen molar-refractivity contribution >= 4 is 39.5 Å². The third-order valence-corrected chi connectivity index (χ3v) is 19.5. The number of aliphatic hydroxyl groups is 1. The van der Waals surface area contributed by atoms with E-state index in [0.717, 1.165) is 108 Å². The molecule has 5 atom stereocenters. The molecule has 2 unspecified atom stereocenters. The molecule has 95 heavy (non-hydrogen) atoms. The monoisotopic (exact) mass is 1400 g/mol. The molecule has 0 aliphatic carbocycles. The van der Waals surface area contributed by atoms with Gasteiger partial charge in [-0.1, -0.05) is 337 Å². The van der Waals surface area contributed by atoms with Crippen LogP contribution in [0.1, 0.15) is 389 Å².